The summed E-state index contributed by atoms with van der Waals surface area (Å²) in [6.45, 7) is 1.73. The van der Waals surface area contributed by atoms with Gasteiger partial charge in [-0.25, -0.2) is 0 Å². The Bertz CT molecular complexity index is 476. The molecule has 0 saturated carbocycles. The fraction of sp³-hybridized carbons (Fsp3) is 0.467. The predicted octanol–water partition coefficient (Wildman–Crippen LogP) is 1.33. The van der Waals surface area contributed by atoms with Crippen molar-refractivity contribution in [3.8, 4) is 0 Å². The Morgan fingerprint density at radius 3 is 2.50 bits per heavy atom. The van der Waals surface area contributed by atoms with Gasteiger partial charge in [-0.3, -0.25) is 9.59 Å². The van der Waals surface area contributed by atoms with E-state index >= 15 is 0 Å². The molecule has 108 valence electrons. The molecule has 1 saturated heterocycles. The minimum absolute atomic E-state index is 0.0341. The van der Waals surface area contributed by atoms with Gasteiger partial charge in [-0.1, -0.05) is 0 Å². The average molecular weight is 275 g/mol. The van der Waals surface area contributed by atoms with Crippen LogP contribution in [0.15, 0.2) is 24.3 Å². The molecule has 0 aliphatic carbocycles. The molecule has 0 aromatic heterocycles. The van der Waals surface area contributed by atoms with Gasteiger partial charge in [0.1, 0.15) is 0 Å². The summed E-state index contributed by atoms with van der Waals surface area (Å²) in [5, 5.41) is 6.13. The standard InChI is InChI=1S/C15H21N3O2/c1-18(2)15(20)11-5-7-13(8-6-11)17-14(19)12-4-3-9-16-10-12/h5-8,12,16H,3-4,9-10H2,1-2H3,(H,17,19). The zero-order valence-electron chi connectivity index (χ0n) is 12.0. The van der Waals surface area contributed by atoms with E-state index in [-0.39, 0.29) is 17.7 Å². The van der Waals surface area contributed by atoms with Crippen LogP contribution in [0.2, 0.25) is 0 Å². The molecule has 2 rings (SSSR count). The van der Waals surface area contributed by atoms with E-state index in [0.717, 1.165) is 31.6 Å². The Kier molecular flexibility index (Phi) is 4.74. The van der Waals surface area contributed by atoms with Gasteiger partial charge in [-0.15, -0.1) is 0 Å². The van der Waals surface area contributed by atoms with Crippen LogP contribution in [0.1, 0.15) is 23.2 Å². The summed E-state index contributed by atoms with van der Waals surface area (Å²) in [4.78, 5) is 25.4. The van der Waals surface area contributed by atoms with Crippen molar-refractivity contribution in [2.24, 2.45) is 5.92 Å². The second-order valence-corrected chi connectivity index (χ2v) is 5.31. The second kappa shape index (κ2) is 6.52. The predicted molar refractivity (Wildman–Crippen MR) is 78.7 cm³/mol. The summed E-state index contributed by atoms with van der Waals surface area (Å²) in [5.41, 5.74) is 1.35. The molecule has 1 aromatic rings. The van der Waals surface area contributed by atoms with E-state index in [0.29, 0.717) is 5.56 Å². The minimum Gasteiger partial charge on any atom is -0.345 e. The monoisotopic (exact) mass is 275 g/mol. The number of carbonyl (C=O) groups is 2. The van der Waals surface area contributed by atoms with E-state index in [4.69, 9.17) is 0 Å². The van der Waals surface area contributed by atoms with Gasteiger partial charge < -0.3 is 15.5 Å². The SMILES string of the molecule is CN(C)C(=O)c1ccc(NC(=O)C2CCCNC2)cc1. The maximum Gasteiger partial charge on any atom is 0.253 e. The fourth-order valence-corrected chi connectivity index (χ4v) is 2.27. The largest absolute Gasteiger partial charge is 0.345 e. The van der Waals surface area contributed by atoms with Crippen molar-refractivity contribution in [2.75, 3.05) is 32.5 Å². The molecule has 20 heavy (non-hydrogen) atoms. The smallest absolute Gasteiger partial charge is 0.253 e. The first kappa shape index (κ1) is 14.5. The highest BCUT2D eigenvalue weighted by Gasteiger charge is 2.20. The summed E-state index contributed by atoms with van der Waals surface area (Å²) in [6, 6.07) is 7.00. The summed E-state index contributed by atoms with van der Waals surface area (Å²) in [5.74, 6) is 0.0371. The molecule has 5 heteroatoms. The maximum atomic E-state index is 12.1. The molecular formula is C15H21N3O2. The highest BCUT2D eigenvalue weighted by molar-refractivity contribution is 5.96. The molecule has 1 atom stereocenters. The Morgan fingerprint density at radius 2 is 1.95 bits per heavy atom. The molecule has 2 N–H and O–H groups in total. The number of piperidine rings is 1. The van der Waals surface area contributed by atoms with Crippen molar-refractivity contribution in [2.45, 2.75) is 12.8 Å². The van der Waals surface area contributed by atoms with E-state index in [9.17, 15) is 9.59 Å². The quantitative estimate of drug-likeness (QED) is 0.875. The third-order valence-electron chi connectivity index (χ3n) is 3.47. The van der Waals surface area contributed by atoms with Gasteiger partial charge in [0, 0.05) is 31.9 Å². The third kappa shape index (κ3) is 3.57. The number of carbonyl (C=O) groups excluding carboxylic acids is 2. The highest BCUT2D eigenvalue weighted by atomic mass is 16.2. The van der Waals surface area contributed by atoms with Gasteiger partial charge >= 0.3 is 0 Å². The van der Waals surface area contributed by atoms with E-state index in [1.54, 1.807) is 38.4 Å². The number of nitrogens with zero attached hydrogens (tertiary/aromatic N) is 1. The van der Waals surface area contributed by atoms with Crippen LogP contribution in [-0.4, -0.2) is 43.9 Å². The first-order valence-corrected chi connectivity index (χ1v) is 6.91. The van der Waals surface area contributed by atoms with Gasteiger partial charge in [0.15, 0.2) is 0 Å². The first-order chi connectivity index (χ1) is 9.58. The number of rotatable bonds is 3. The maximum absolute atomic E-state index is 12.1. The molecule has 0 bridgehead atoms. The summed E-state index contributed by atoms with van der Waals surface area (Å²) >= 11 is 0. The van der Waals surface area contributed by atoms with Crippen molar-refractivity contribution in [3.05, 3.63) is 29.8 Å². The number of amides is 2. The molecule has 1 aliphatic rings. The number of nitrogens with one attached hydrogen (secondary N) is 2. The number of hydrogen-bond donors (Lipinski definition) is 2. The molecule has 1 unspecified atom stereocenters. The van der Waals surface area contributed by atoms with Gasteiger partial charge in [0.2, 0.25) is 5.91 Å². The lowest BCUT2D eigenvalue weighted by atomic mass is 9.99. The molecule has 1 fully saturated rings. The van der Waals surface area contributed by atoms with Crippen molar-refractivity contribution >= 4 is 17.5 Å². The van der Waals surface area contributed by atoms with Crippen LogP contribution >= 0.6 is 0 Å². The Balaban J connectivity index is 1.96. The van der Waals surface area contributed by atoms with Crippen molar-refractivity contribution < 1.29 is 9.59 Å². The van der Waals surface area contributed by atoms with Crippen molar-refractivity contribution in [1.29, 1.82) is 0 Å². The molecule has 0 radical (unpaired) electrons. The van der Waals surface area contributed by atoms with E-state index in [2.05, 4.69) is 10.6 Å². The number of hydrogen-bond acceptors (Lipinski definition) is 3. The molecule has 1 aromatic carbocycles. The van der Waals surface area contributed by atoms with Gasteiger partial charge in [0.25, 0.3) is 5.91 Å². The van der Waals surface area contributed by atoms with Gasteiger partial charge in [-0.05, 0) is 43.7 Å². The molecule has 1 aliphatic heterocycles. The summed E-state index contributed by atoms with van der Waals surface area (Å²) in [7, 11) is 3.43. The summed E-state index contributed by atoms with van der Waals surface area (Å²) < 4.78 is 0. The molecule has 2 amide bonds. The van der Waals surface area contributed by atoms with E-state index < -0.39 is 0 Å². The second-order valence-electron chi connectivity index (χ2n) is 5.31. The highest BCUT2D eigenvalue weighted by Crippen LogP contribution is 2.15. The van der Waals surface area contributed by atoms with Crippen LogP contribution in [0.3, 0.4) is 0 Å². The Morgan fingerprint density at radius 1 is 1.25 bits per heavy atom. The van der Waals surface area contributed by atoms with E-state index in [1.807, 2.05) is 0 Å². The first-order valence-electron chi connectivity index (χ1n) is 6.91. The number of benzene rings is 1. The number of anilines is 1. The van der Waals surface area contributed by atoms with Crippen molar-refractivity contribution in [1.82, 2.24) is 10.2 Å². The van der Waals surface area contributed by atoms with E-state index in [1.165, 1.54) is 4.90 Å². The summed E-state index contributed by atoms with van der Waals surface area (Å²) in [6.07, 6.45) is 1.96. The minimum atomic E-state index is -0.0423. The molecule has 1 heterocycles. The van der Waals surface area contributed by atoms with Gasteiger partial charge in [0.05, 0.1) is 5.92 Å². The Hall–Kier alpha value is -1.88. The van der Waals surface area contributed by atoms with Crippen LogP contribution in [0.5, 0.6) is 0 Å². The lowest BCUT2D eigenvalue weighted by Crippen LogP contribution is -2.37. The average Bonchev–Trinajstić information content (AvgIpc) is 2.48. The molecule has 5 nitrogen and oxygen atoms in total. The van der Waals surface area contributed by atoms with Crippen LogP contribution in [0.25, 0.3) is 0 Å². The Labute approximate surface area is 119 Å². The zero-order valence-corrected chi connectivity index (χ0v) is 12.0. The molecular weight excluding hydrogens is 254 g/mol. The lowest BCUT2D eigenvalue weighted by Gasteiger charge is -2.21. The van der Waals surface area contributed by atoms with Crippen LogP contribution in [0, 0.1) is 5.92 Å². The van der Waals surface area contributed by atoms with Crippen LogP contribution in [-0.2, 0) is 4.79 Å². The fourth-order valence-electron chi connectivity index (χ4n) is 2.27. The van der Waals surface area contributed by atoms with Crippen LogP contribution in [0.4, 0.5) is 5.69 Å². The van der Waals surface area contributed by atoms with Crippen LogP contribution < -0.4 is 10.6 Å². The zero-order chi connectivity index (χ0) is 14.5. The normalized spacial score (nSPS) is 18.4. The lowest BCUT2D eigenvalue weighted by molar-refractivity contribution is -0.120. The van der Waals surface area contributed by atoms with Crippen molar-refractivity contribution in [3.63, 3.8) is 0 Å². The third-order valence-corrected chi connectivity index (χ3v) is 3.47. The topological polar surface area (TPSA) is 61.4 Å². The van der Waals surface area contributed by atoms with Gasteiger partial charge in [-0.2, -0.15) is 0 Å². The molecule has 0 spiro atoms.